The Morgan fingerprint density at radius 2 is 2.27 bits per heavy atom. The highest BCUT2D eigenvalue weighted by Gasteiger charge is 2.04. The fourth-order valence-electron chi connectivity index (χ4n) is 0.511. The summed E-state index contributed by atoms with van der Waals surface area (Å²) in [7, 11) is 0. The van der Waals surface area contributed by atoms with E-state index in [-0.39, 0.29) is 6.61 Å². The number of rotatable bonds is 5. The van der Waals surface area contributed by atoms with Crippen LogP contribution in [0.5, 0.6) is 0 Å². The van der Waals surface area contributed by atoms with Gasteiger partial charge in [-0.05, 0) is 6.42 Å². The predicted molar refractivity (Wildman–Crippen MR) is 44.0 cm³/mol. The summed E-state index contributed by atoms with van der Waals surface area (Å²) in [5, 5.41) is 0. The Kier molecular flexibility index (Phi) is 5.11. The monoisotopic (exact) mass is 155 g/mol. The van der Waals surface area contributed by atoms with Crippen molar-refractivity contribution in [1.82, 2.24) is 0 Å². The Morgan fingerprint density at radius 1 is 1.64 bits per heavy atom. The van der Waals surface area contributed by atoms with Gasteiger partial charge in [0.1, 0.15) is 6.61 Å². The minimum Gasteiger partial charge on any atom is -0.461 e. The first-order valence-electron chi connectivity index (χ1n) is 3.38. The number of hydrogen-bond acceptors (Lipinski definition) is 3. The second kappa shape index (κ2) is 5.68. The highest BCUT2D eigenvalue weighted by Crippen LogP contribution is 2.00. The largest absolute Gasteiger partial charge is 0.461 e. The van der Waals surface area contributed by atoms with Gasteiger partial charge in [-0.2, -0.15) is 0 Å². The first kappa shape index (κ1) is 9.91. The van der Waals surface area contributed by atoms with Crippen molar-refractivity contribution in [2.45, 2.75) is 6.42 Å². The fourth-order valence-corrected chi connectivity index (χ4v) is 0.511. The number of allylic oxidation sites excluding steroid dienone is 1. The third-order valence-corrected chi connectivity index (χ3v) is 1.03. The van der Waals surface area contributed by atoms with Crippen LogP contribution in [-0.4, -0.2) is 19.1 Å². The van der Waals surface area contributed by atoms with Crippen LogP contribution in [0.15, 0.2) is 24.8 Å². The van der Waals surface area contributed by atoms with Crippen molar-refractivity contribution in [3.05, 3.63) is 24.8 Å². The molecule has 0 amide bonds. The minimum atomic E-state index is -0.393. The quantitative estimate of drug-likeness (QED) is 0.360. The highest BCUT2D eigenvalue weighted by atomic mass is 16.5. The van der Waals surface area contributed by atoms with Crippen molar-refractivity contribution < 1.29 is 9.53 Å². The first-order valence-corrected chi connectivity index (χ1v) is 3.38. The van der Waals surface area contributed by atoms with Crippen LogP contribution in [0.2, 0.25) is 0 Å². The maximum Gasteiger partial charge on any atom is 0.333 e. The molecule has 0 aromatic rings. The third kappa shape index (κ3) is 4.33. The third-order valence-electron chi connectivity index (χ3n) is 1.03. The summed E-state index contributed by atoms with van der Waals surface area (Å²) >= 11 is 0. The van der Waals surface area contributed by atoms with E-state index in [9.17, 15) is 4.79 Å². The molecule has 2 N–H and O–H groups in total. The molecule has 0 saturated carbocycles. The summed E-state index contributed by atoms with van der Waals surface area (Å²) in [5.74, 6) is -0.393. The molecule has 0 bridgehead atoms. The topological polar surface area (TPSA) is 52.3 Å². The van der Waals surface area contributed by atoms with Gasteiger partial charge in [0.25, 0.3) is 0 Å². The minimum absolute atomic E-state index is 0.245. The molecule has 0 heterocycles. The van der Waals surface area contributed by atoms with Gasteiger partial charge in [0.05, 0.1) is 0 Å². The molecule has 0 rings (SSSR count). The molecule has 0 spiro atoms. The van der Waals surface area contributed by atoms with Gasteiger partial charge in [0, 0.05) is 12.1 Å². The summed E-state index contributed by atoms with van der Waals surface area (Å²) in [6, 6.07) is 0. The maximum absolute atomic E-state index is 10.9. The van der Waals surface area contributed by atoms with Gasteiger partial charge in [0.2, 0.25) is 0 Å². The lowest BCUT2D eigenvalue weighted by atomic mass is 10.2. The van der Waals surface area contributed by atoms with E-state index in [2.05, 4.69) is 13.2 Å². The fraction of sp³-hybridized carbons (Fsp3) is 0.375. The molecule has 0 aromatic carbocycles. The molecule has 0 fully saturated rings. The van der Waals surface area contributed by atoms with Gasteiger partial charge in [-0.3, -0.25) is 0 Å². The summed E-state index contributed by atoms with van der Waals surface area (Å²) in [5.41, 5.74) is 5.53. The molecule has 0 radical (unpaired) electrons. The molecule has 0 aromatic heterocycles. The Morgan fingerprint density at radius 3 is 2.73 bits per heavy atom. The summed E-state index contributed by atoms with van der Waals surface area (Å²) in [6.07, 6.45) is 2.06. The second-order valence-electron chi connectivity index (χ2n) is 2.02. The zero-order valence-electron chi connectivity index (χ0n) is 6.51. The Labute approximate surface area is 66.5 Å². The smallest absolute Gasteiger partial charge is 0.333 e. The molecular formula is C8H13NO2. The van der Waals surface area contributed by atoms with Crippen molar-refractivity contribution >= 4 is 5.97 Å². The van der Waals surface area contributed by atoms with Crippen LogP contribution < -0.4 is 5.73 Å². The summed E-state index contributed by atoms with van der Waals surface area (Å²) in [6.45, 7) is 7.57. The van der Waals surface area contributed by atoms with E-state index in [1.54, 1.807) is 6.08 Å². The molecule has 0 saturated heterocycles. The standard InChI is InChI=1S/C8H13NO2/c1-3-4-7(2)8(10)11-6-5-9/h3H,1-2,4-6,9H2. The molecule has 11 heavy (non-hydrogen) atoms. The summed E-state index contributed by atoms with van der Waals surface area (Å²) < 4.78 is 4.69. The van der Waals surface area contributed by atoms with Crippen LogP contribution >= 0.6 is 0 Å². The number of nitrogens with two attached hydrogens (primary N) is 1. The van der Waals surface area contributed by atoms with E-state index < -0.39 is 5.97 Å². The number of hydrogen-bond donors (Lipinski definition) is 1. The van der Waals surface area contributed by atoms with Crippen LogP contribution in [-0.2, 0) is 9.53 Å². The number of carbonyl (C=O) groups is 1. The van der Waals surface area contributed by atoms with E-state index in [0.717, 1.165) is 0 Å². The normalized spacial score (nSPS) is 8.82. The molecule has 0 atom stereocenters. The van der Waals surface area contributed by atoms with Gasteiger partial charge < -0.3 is 10.5 Å². The van der Waals surface area contributed by atoms with Gasteiger partial charge in [-0.15, -0.1) is 6.58 Å². The predicted octanol–water partition coefficient (Wildman–Crippen LogP) is 0.621. The average Bonchev–Trinajstić information content (AvgIpc) is 2.00. The van der Waals surface area contributed by atoms with E-state index in [1.165, 1.54) is 0 Å². The highest BCUT2D eigenvalue weighted by molar-refractivity contribution is 5.87. The Balaban J connectivity index is 3.64. The molecule has 0 aliphatic rings. The lowest BCUT2D eigenvalue weighted by Gasteiger charge is -2.02. The van der Waals surface area contributed by atoms with E-state index in [1.807, 2.05) is 0 Å². The molecule has 3 heteroatoms. The van der Waals surface area contributed by atoms with Crippen molar-refractivity contribution in [3.63, 3.8) is 0 Å². The Bertz CT molecular complexity index is 163. The number of carbonyl (C=O) groups excluding carboxylic acids is 1. The Hall–Kier alpha value is -1.09. The van der Waals surface area contributed by atoms with Crippen molar-refractivity contribution in [2.24, 2.45) is 5.73 Å². The molecule has 3 nitrogen and oxygen atoms in total. The molecule has 0 unspecified atom stereocenters. The van der Waals surface area contributed by atoms with E-state index >= 15 is 0 Å². The van der Waals surface area contributed by atoms with Crippen LogP contribution in [0.4, 0.5) is 0 Å². The van der Waals surface area contributed by atoms with Crippen molar-refractivity contribution in [1.29, 1.82) is 0 Å². The summed E-state index contributed by atoms with van der Waals surface area (Å²) in [4.78, 5) is 10.9. The second-order valence-corrected chi connectivity index (χ2v) is 2.02. The van der Waals surface area contributed by atoms with Crippen molar-refractivity contribution in [2.75, 3.05) is 13.2 Å². The van der Waals surface area contributed by atoms with E-state index in [0.29, 0.717) is 18.5 Å². The maximum atomic E-state index is 10.9. The number of ether oxygens (including phenoxy) is 1. The SMILES string of the molecule is C=CCC(=C)C(=O)OCCN. The van der Waals surface area contributed by atoms with Gasteiger partial charge >= 0.3 is 5.97 Å². The zero-order chi connectivity index (χ0) is 8.69. The number of esters is 1. The molecular weight excluding hydrogens is 142 g/mol. The van der Waals surface area contributed by atoms with Crippen LogP contribution in [0.25, 0.3) is 0 Å². The van der Waals surface area contributed by atoms with Crippen LogP contribution in [0, 0.1) is 0 Å². The molecule has 62 valence electrons. The zero-order valence-corrected chi connectivity index (χ0v) is 6.51. The van der Waals surface area contributed by atoms with Gasteiger partial charge in [0.15, 0.2) is 0 Å². The molecule has 0 aliphatic heterocycles. The average molecular weight is 155 g/mol. The van der Waals surface area contributed by atoms with Crippen LogP contribution in [0.3, 0.4) is 0 Å². The first-order chi connectivity index (χ1) is 5.22. The lowest BCUT2D eigenvalue weighted by Crippen LogP contribution is -2.14. The lowest BCUT2D eigenvalue weighted by molar-refractivity contribution is -0.138. The van der Waals surface area contributed by atoms with Gasteiger partial charge in [-0.1, -0.05) is 12.7 Å². The van der Waals surface area contributed by atoms with Crippen molar-refractivity contribution in [3.8, 4) is 0 Å². The van der Waals surface area contributed by atoms with Gasteiger partial charge in [-0.25, -0.2) is 4.79 Å². The van der Waals surface area contributed by atoms with E-state index in [4.69, 9.17) is 10.5 Å². The molecule has 0 aliphatic carbocycles. The van der Waals surface area contributed by atoms with Crippen LogP contribution in [0.1, 0.15) is 6.42 Å².